The third kappa shape index (κ3) is 4.69. The molecule has 0 spiro atoms. The minimum absolute atomic E-state index is 0.0914. The molecule has 3 heteroatoms. The fraction of sp³-hybridized carbons (Fsp3) is 0.0625. The predicted molar refractivity (Wildman–Crippen MR) is 145 cm³/mol. The Kier molecular flexibility index (Phi) is 6.11. The molecule has 4 aromatic carbocycles. The van der Waals surface area contributed by atoms with Gasteiger partial charge in [-0.2, -0.15) is 0 Å². The van der Waals surface area contributed by atoms with Gasteiger partial charge in [-0.1, -0.05) is 72.5 Å². The monoisotopic (exact) mass is 452 g/mol. The van der Waals surface area contributed by atoms with Crippen molar-refractivity contribution in [1.29, 1.82) is 0 Å². The lowest BCUT2D eigenvalue weighted by Crippen LogP contribution is -2.23. The highest BCUT2D eigenvalue weighted by molar-refractivity contribution is 5.80. The van der Waals surface area contributed by atoms with E-state index < -0.39 is 0 Å². The van der Waals surface area contributed by atoms with E-state index in [1.165, 1.54) is 0 Å². The molecule has 3 nitrogen and oxygen atoms in total. The van der Waals surface area contributed by atoms with Crippen molar-refractivity contribution in [2.45, 2.75) is 13.8 Å². The van der Waals surface area contributed by atoms with E-state index in [-0.39, 0.29) is 5.56 Å². The Morgan fingerprint density at radius 1 is 0.714 bits per heavy atom. The van der Waals surface area contributed by atoms with Crippen molar-refractivity contribution in [2.75, 3.05) is 0 Å². The number of para-hydroxylation sites is 1. The normalized spacial score (nSPS) is 10.9. The van der Waals surface area contributed by atoms with E-state index in [0.29, 0.717) is 16.7 Å². The van der Waals surface area contributed by atoms with Crippen LogP contribution in [-0.2, 0) is 0 Å². The summed E-state index contributed by atoms with van der Waals surface area (Å²) in [5, 5.41) is 0.591. The van der Waals surface area contributed by atoms with Crippen molar-refractivity contribution in [3.05, 3.63) is 141 Å². The maximum Gasteiger partial charge on any atom is 0.266 e. The molecule has 0 aliphatic carbocycles. The maximum atomic E-state index is 13.6. The summed E-state index contributed by atoms with van der Waals surface area (Å²) in [6.45, 7) is 4.07. The average Bonchev–Trinajstić information content (AvgIpc) is 2.88. The summed E-state index contributed by atoms with van der Waals surface area (Å²) in [4.78, 5) is 18.5. The topological polar surface area (TPSA) is 34.9 Å². The highest BCUT2D eigenvalue weighted by Gasteiger charge is 2.13. The molecule has 0 aliphatic heterocycles. The number of aromatic nitrogens is 2. The summed E-state index contributed by atoms with van der Waals surface area (Å²) in [5.41, 5.74) is 6.45. The number of hydrogen-bond donors (Lipinski definition) is 0. The van der Waals surface area contributed by atoms with Crippen molar-refractivity contribution in [1.82, 2.24) is 9.55 Å². The Bertz CT molecular complexity index is 1680. The van der Waals surface area contributed by atoms with Crippen LogP contribution in [0, 0.1) is 25.7 Å². The molecule has 35 heavy (non-hydrogen) atoms. The molecule has 0 atom stereocenters. The molecule has 0 saturated carbocycles. The van der Waals surface area contributed by atoms with Gasteiger partial charge >= 0.3 is 0 Å². The largest absolute Gasteiger partial charge is 0.268 e. The third-order valence-electron chi connectivity index (χ3n) is 5.96. The quantitative estimate of drug-likeness (QED) is 0.290. The number of nitrogens with zero attached hydrogens (tertiary/aromatic N) is 2. The van der Waals surface area contributed by atoms with Gasteiger partial charge in [-0.05, 0) is 79.1 Å². The van der Waals surface area contributed by atoms with E-state index in [2.05, 4.69) is 30.9 Å². The summed E-state index contributed by atoms with van der Waals surface area (Å²) >= 11 is 0. The fourth-order valence-corrected chi connectivity index (χ4v) is 4.08. The van der Waals surface area contributed by atoms with Gasteiger partial charge in [0.05, 0.1) is 16.6 Å². The summed E-state index contributed by atoms with van der Waals surface area (Å²) < 4.78 is 1.70. The second kappa shape index (κ2) is 9.67. The van der Waals surface area contributed by atoms with Crippen LogP contribution in [0.5, 0.6) is 0 Å². The molecule has 5 aromatic rings. The summed E-state index contributed by atoms with van der Waals surface area (Å²) in [6, 6.07) is 31.4. The lowest BCUT2D eigenvalue weighted by atomic mass is 10.1. The SMILES string of the molecule is Cc1ccccc1C=Cc1nc2ccccc2c(=O)n1-c1ccc(C#Cc2ccccc2)cc1C. The first-order valence-corrected chi connectivity index (χ1v) is 11.5. The molecule has 5 rings (SSSR count). The van der Waals surface area contributed by atoms with Crippen LogP contribution in [-0.4, -0.2) is 9.55 Å². The van der Waals surface area contributed by atoms with Crippen LogP contribution in [0.25, 0.3) is 28.7 Å². The Labute approximate surface area is 205 Å². The fourth-order valence-electron chi connectivity index (χ4n) is 4.08. The Morgan fingerprint density at radius 3 is 2.23 bits per heavy atom. The molecule has 1 heterocycles. The van der Waals surface area contributed by atoms with Crippen molar-refractivity contribution in [3.63, 3.8) is 0 Å². The highest BCUT2D eigenvalue weighted by Crippen LogP contribution is 2.20. The minimum Gasteiger partial charge on any atom is -0.268 e. The second-order valence-electron chi connectivity index (χ2n) is 8.43. The number of aryl methyl sites for hydroxylation is 2. The van der Waals surface area contributed by atoms with E-state index in [4.69, 9.17) is 4.98 Å². The van der Waals surface area contributed by atoms with Gasteiger partial charge in [-0.15, -0.1) is 0 Å². The lowest BCUT2D eigenvalue weighted by molar-refractivity contribution is 0.934. The van der Waals surface area contributed by atoms with Gasteiger partial charge in [-0.3, -0.25) is 9.36 Å². The zero-order chi connectivity index (χ0) is 24.2. The minimum atomic E-state index is -0.0914. The average molecular weight is 453 g/mol. The summed E-state index contributed by atoms with van der Waals surface area (Å²) in [7, 11) is 0. The van der Waals surface area contributed by atoms with Gasteiger partial charge in [0.2, 0.25) is 0 Å². The van der Waals surface area contributed by atoms with Crippen LogP contribution >= 0.6 is 0 Å². The van der Waals surface area contributed by atoms with Gasteiger partial charge in [-0.25, -0.2) is 4.98 Å². The Hall–Kier alpha value is -4.68. The third-order valence-corrected chi connectivity index (χ3v) is 5.96. The molecular formula is C32H24N2O. The van der Waals surface area contributed by atoms with Crippen molar-refractivity contribution >= 4 is 23.1 Å². The van der Waals surface area contributed by atoms with Crippen LogP contribution in [0.1, 0.15) is 33.6 Å². The molecule has 0 radical (unpaired) electrons. The van der Waals surface area contributed by atoms with Gasteiger partial charge in [0, 0.05) is 11.1 Å². The Balaban J connectivity index is 1.63. The van der Waals surface area contributed by atoms with E-state index in [9.17, 15) is 4.79 Å². The second-order valence-corrected chi connectivity index (χ2v) is 8.43. The number of benzene rings is 4. The van der Waals surface area contributed by atoms with Crippen LogP contribution < -0.4 is 5.56 Å². The predicted octanol–water partition coefficient (Wildman–Crippen LogP) is 6.57. The molecule has 0 N–H and O–H groups in total. The van der Waals surface area contributed by atoms with E-state index in [1.54, 1.807) is 4.57 Å². The molecule has 0 saturated heterocycles. The van der Waals surface area contributed by atoms with E-state index in [1.807, 2.05) is 104 Å². The zero-order valence-electron chi connectivity index (χ0n) is 19.7. The summed E-state index contributed by atoms with van der Waals surface area (Å²) in [5.74, 6) is 7.01. The smallest absolute Gasteiger partial charge is 0.266 e. The molecular weight excluding hydrogens is 428 g/mol. The van der Waals surface area contributed by atoms with E-state index in [0.717, 1.165) is 33.5 Å². The number of hydrogen-bond acceptors (Lipinski definition) is 2. The maximum absolute atomic E-state index is 13.6. The lowest BCUT2D eigenvalue weighted by Gasteiger charge is -2.14. The molecule has 0 bridgehead atoms. The highest BCUT2D eigenvalue weighted by atomic mass is 16.1. The van der Waals surface area contributed by atoms with Gasteiger partial charge in [0.1, 0.15) is 5.82 Å². The molecule has 0 aliphatic rings. The summed E-state index contributed by atoms with van der Waals surface area (Å²) in [6.07, 6.45) is 3.93. The zero-order valence-corrected chi connectivity index (χ0v) is 19.7. The molecule has 168 valence electrons. The molecule has 0 amide bonds. The van der Waals surface area contributed by atoms with Crippen LogP contribution in [0.3, 0.4) is 0 Å². The number of rotatable bonds is 3. The van der Waals surface area contributed by atoms with Crippen LogP contribution in [0.4, 0.5) is 0 Å². The van der Waals surface area contributed by atoms with Crippen molar-refractivity contribution in [2.24, 2.45) is 0 Å². The van der Waals surface area contributed by atoms with Gasteiger partial charge in [0.15, 0.2) is 0 Å². The molecule has 1 aromatic heterocycles. The first kappa shape index (κ1) is 22.1. The van der Waals surface area contributed by atoms with Crippen molar-refractivity contribution < 1.29 is 0 Å². The number of fused-ring (bicyclic) bond motifs is 1. The van der Waals surface area contributed by atoms with Gasteiger partial charge < -0.3 is 0 Å². The first-order valence-electron chi connectivity index (χ1n) is 11.5. The molecule has 0 fully saturated rings. The van der Waals surface area contributed by atoms with E-state index >= 15 is 0 Å². The van der Waals surface area contributed by atoms with Crippen LogP contribution in [0.15, 0.2) is 102 Å². The Morgan fingerprint density at radius 2 is 1.43 bits per heavy atom. The first-order chi connectivity index (χ1) is 17.1. The standard InChI is InChI=1S/C32H24N2O/c1-23-10-6-7-13-27(23)19-21-31-33-29-15-9-8-14-28(29)32(35)34(31)30-20-18-26(22-24(30)2)17-16-25-11-4-3-5-12-25/h3-15,18-22H,1-2H3. The molecule has 0 unspecified atom stereocenters. The van der Waals surface area contributed by atoms with Crippen LogP contribution in [0.2, 0.25) is 0 Å². The van der Waals surface area contributed by atoms with Gasteiger partial charge in [0.25, 0.3) is 5.56 Å². The van der Waals surface area contributed by atoms with Crippen molar-refractivity contribution in [3.8, 4) is 17.5 Å².